The van der Waals surface area contributed by atoms with Crippen LogP contribution in [0.4, 0.5) is 0 Å². The SMILES string of the molecule is CCCC(CNC(C)(C)C)N(CC)CC1CCC1. The highest BCUT2D eigenvalue weighted by molar-refractivity contribution is 4.81. The van der Waals surface area contributed by atoms with Crippen molar-refractivity contribution < 1.29 is 0 Å². The van der Waals surface area contributed by atoms with Gasteiger partial charge in [-0.1, -0.05) is 26.7 Å². The summed E-state index contributed by atoms with van der Waals surface area (Å²) in [4.78, 5) is 2.71. The fraction of sp³-hybridized carbons (Fsp3) is 1.00. The highest BCUT2D eigenvalue weighted by Crippen LogP contribution is 2.28. The molecule has 0 amide bonds. The summed E-state index contributed by atoms with van der Waals surface area (Å²) in [5.74, 6) is 0.985. The van der Waals surface area contributed by atoms with Crippen molar-refractivity contribution in [2.45, 2.75) is 78.3 Å². The first kappa shape index (κ1) is 16.0. The fourth-order valence-electron chi connectivity index (χ4n) is 2.71. The van der Waals surface area contributed by atoms with E-state index >= 15 is 0 Å². The van der Waals surface area contributed by atoms with Crippen LogP contribution in [0, 0.1) is 5.92 Å². The molecule has 1 rings (SSSR count). The number of hydrogen-bond donors (Lipinski definition) is 1. The summed E-state index contributed by atoms with van der Waals surface area (Å²) in [5.41, 5.74) is 0.238. The number of nitrogens with one attached hydrogen (secondary N) is 1. The molecular weight excluding hydrogens is 220 g/mol. The van der Waals surface area contributed by atoms with Gasteiger partial charge >= 0.3 is 0 Å². The predicted octanol–water partition coefficient (Wildman–Crippen LogP) is 3.67. The molecule has 1 aliphatic rings. The van der Waals surface area contributed by atoms with Crippen LogP contribution in [0.15, 0.2) is 0 Å². The molecule has 18 heavy (non-hydrogen) atoms. The molecule has 0 spiro atoms. The highest BCUT2D eigenvalue weighted by Gasteiger charge is 2.24. The Labute approximate surface area is 115 Å². The maximum absolute atomic E-state index is 3.69. The third-order valence-electron chi connectivity index (χ3n) is 4.13. The van der Waals surface area contributed by atoms with Crippen molar-refractivity contribution in [3.05, 3.63) is 0 Å². The van der Waals surface area contributed by atoms with Crippen LogP contribution < -0.4 is 5.32 Å². The quantitative estimate of drug-likeness (QED) is 0.711. The second-order valence-corrected chi connectivity index (χ2v) is 6.96. The first-order chi connectivity index (χ1) is 8.46. The van der Waals surface area contributed by atoms with Crippen LogP contribution in [0.5, 0.6) is 0 Å². The lowest BCUT2D eigenvalue weighted by Crippen LogP contribution is -2.49. The molecule has 1 aliphatic carbocycles. The van der Waals surface area contributed by atoms with Gasteiger partial charge in [0.05, 0.1) is 0 Å². The van der Waals surface area contributed by atoms with Gasteiger partial charge in [-0.15, -0.1) is 0 Å². The molecule has 0 heterocycles. The summed E-state index contributed by atoms with van der Waals surface area (Å²) in [6.45, 7) is 15.1. The van der Waals surface area contributed by atoms with Crippen molar-refractivity contribution in [1.29, 1.82) is 0 Å². The van der Waals surface area contributed by atoms with Gasteiger partial charge < -0.3 is 5.32 Å². The number of hydrogen-bond acceptors (Lipinski definition) is 2. The first-order valence-electron chi connectivity index (χ1n) is 7.95. The number of likely N-dealkylation sites (N-methyl/N-ethyl adjacent to an activating group) is 1. The molecule has 1 saturated carbocycles. The van der Waals surface area contributed by atoms with E-state index in [1.807, 2.05) is 0 Å². The molecule has 2 heteroatoms. The average molecular weight is 254 g/mol. The Kier molecular flexibility index (Phi) is 6.65. The Morgan fingerprint density at radius 1 is 1.22 bits per heavy atom. The molecule has 0 saturated heterocycles. The van der Waals surface area contributed by atoms with Gasteiger partial charge in [0, 0.05) is 24.7 Å². The van der Waals surface area contributed by atoms with Crippen LogP contribution in [0.3, 0.4) is 0 Å². The van der Waals surface area contributed by atoms with Crippen LogP contribution in [-0.2, 0) is 0 Å². The van der Waals surface area contributed by atoms with Crippen LogP contribution in [0.2, 0.25) is 0 Å². The van der Waals surface area contributed by atoms with Crippen molar-refractivity contribution in [2.75, 3.05) is 19.6 Å². The molecular formula is C16H34N2. The minimum Gasteiger partial charge on any atom is -0.311 e. The first-order valence-corrected chi connectivity index (χ1v) is 7.95. The normalized spacial score (nSPS) is 19.0. The summed E-state index contributed by atoms with van der Waals surface area (Å²) in [6, 6.07) is 0.722. The van der Waals surface area contributed by atoms with Crippen molar-refractivity contribution >= 4 is 0 Å². The van der Waals surface area contributed by atoms with Gasteiger partial charge in [-0.05, 0) is 52.5 Å². The Bertz CT molecular complexity index is 216. The molecule has 0 aromatic carbocycles. The van der Waals surface area contributed by atoms with Crippen molar-refractivity contribution in [2.24, 2.45) is 5.92 Å². The smallest absolute Gasteiger partial charge is 0.0220 e. The maximum Gasteiger partial charge on any atom is 0.0220 e. The third-order valence-corrected chi connectivity index (χ3v) is 4.13. The molecule has 108 valence electrons. The van der Waals surface area contributed by atoms with Gasteiger partial charge in [-0.25, -0.2) is 0 Å². The molecule has 1 atom stereocenters. The third kappa shape index (κ3) is 5.71. The van der Waals surface area contributed by atoms with Crippen molar-refractivity contribution in [1.82, 2.24) is 10.2 Å². The van der Waals surface area contributed by atoms with Gasteiger partial charge in [0.2, 0.25) is 0 Å². The molecule has 0 aromatic heterocycles. The molecule has 2 nitrogen and oxygen atoms in total. The zero-order valence-corrected chi connectivity index (χ0v) is 13.3. The second kappa shape index (κ2) is 7.49. The second-order valence-electron chi connectivity index (χ2n) is 6.96. The monoisotopic (exact) mass is 254 g/mol. The van der Waals surface area contributed by atoms with E-state index in [4.69, 9.17) is 0 Å². The summed E-state index contributed by atoms with van der Waals surface area (Å²) >= 11 is 0. The minimum absolute atomic E-state index is 0.238. The molecule has 0 aromatic rings. The largest absolute Gasteiger partial charge is 0.311 e. The maximum atomic E-state index is 3.69. The molecule has 0 bridgehead atoms. The van der Waals surface area contributed by atoms with E-state index in [1.165, 1.54) is 45.2 Å². The van der Waals surface area contributed by atoms with Crippen molar-refractivity contribution in [3.63, 3.8) is 0 Å². The number of nitrogens with zero attached hydrogens (tertiary/aromatic N) is 1. The minimum atomic E-state index is 0.238. The Morgan fingerprint density at radius 3 is 2.28 bits per heavy atom. The topological polar surface area (TPSA) is 15.3 Å². The van der Waals surface area contributed by atoms with Gasteiger partial charge in [-0.2, -0.15) is 0 Å². The lowest BCUT2D eigenvalue weighted by atomic mass is 9.84. The standard InChI is InChI=1S/C16H34N2/c1-6-9-15(12-17-16(3,4)5)18(7-2)13-14-10-8-11-14/h14-15,17H,6-13H2,1-5H3. The molecule has 1 fully saturated rings. The van der Waals surface area contributed by atoms with E-state index in [-0.39, 0.29) is 5.54 Å². The summed E-state index contributed by atoms with van der Waals surface area (Å²) < 4.78 is 0. The predicted molar refractivity (Wildman–Crippen MR) is 81.0 cm³/mol. The van der Waals surface area contributed by atoms with E-state index in [0.29, 0.717) is 0 Å². The lowest BCUT2D eigenvalue weighted by Gasteiger charge is -2.38. The lowest BCUT2D eigenvalue weighted by molar-refractivity contribution is 0.125. The zero-order chi connectivity index (χ0) is 13.6. The van der Waals surface area contributed by atoms with Crippen LogP contribution in [-0.4, -0.2) is 36.1 Å². The van der Waals surface area contributed by atoms with Crippen molar-refractivity contribution in [3.8, 4) is 0 Å². The van der Waals surface area contributed by atoms with E-state index in [2.05, 4.69) is 44.8 Å². The summed E-state index contributed by atoms with van der Waals surface area (Å²) in [6.07, 6.45) is 6.99. The van der Waals surface area contributed by atoms with Gasteiger partial charge in [-0.3, -0.25) is 4.90 Å². The molecule has 1 unspecified atom stereocenters. The summed E-state index contributed by atoms with van der Waals surface area (Å²) in [5, 5.41) is 3.69. The van der Waals surface area contributed by atoms with Gasteiger partial charge in [0.1, 0.15) is 0 Å². The van der Waals surface area contributed by atoms with E-state index < -0.39 is 0 Å². The van der Waals surface area contributed by atoms with Crippen LogP contribution in [0.1, 0.15) is 66.7 Å². The summed E-state index contributed by atoms with van der Waals surface area (Å²) in [7, 11) is 0. The number of rotatable bonds is 8. The van der Waals surface area contributed by atoms with E-state index in [0.717, 1.165) is 18.5 Å². The fourth-order valence-corrected chi connectivity index (χ4v) is 2.71. The molecule has 0 aliphatic heterocycles. The highest BCUT2D eigenvalue weighted by atomic mass is 15.2. The average Bonchev–Trinajstić information content (AvgIpc) is 2.22. The van der Waals surface area contributed by atoms with E-state index in [1.54, 1.807) is 0 Å². The zero-order valence-electron chi connectivity index (χ0n) is 13.3. The van der Waals surface area contributed by atoms with Gasteiger partial charge in [0.25, 0.3) is 0 Å². The molecule has 0 radical (unpaired) electrons. The van der Waals surface area contributed by atoms with E-state index in [9.17, 15) is 0 Å². The molecule has 1 N–H and O–H groups in total. The Balaban J connectivity index is 2.44. The van der Waals surface area contributed by atoms with Gasteiger partial charge in [0.15, 0.2) is 0 Å². The van der Waals surface area contributed by atoms with Crippen LogP contribution in [0.25, 0.3) is 0 Å². The Morgan fingerprint density at radius 2 is 1.89 bits per heavy atom. The van der Waals surface area contributed by atoms with Crippen LogP contribution >= 0.6 is 0 Å². The Hall–Kier alpha value is -0.0800.